The molecule has 1 unspecified atom stereocenters. The molecule has 1 N–H and O–H groups in total. The van der Waals surface area contributed by atoms with Crippen LogP contribution in [0.1, 0.15) is 29.8 Å². The highest BCUT2D eigenvalue weighted by Crippen LogP contribution is 2.39. The van der Waals surface area contributed by atoms with Gasteiger partial charge in [-0.3, -0.25) is 4.90 Å². The van der Waals surface area contributed by atoms with E-state index in [-0.39, 0.29) is 6.04 Å². The van der Waals surface area contributed by atoms with Crippen LogP contribution in [0.3, 0.4) is 0 Å². The summed E-state index contributed by atoms with van der Waals surface area (Å²) in [6.07, 6.45) is 1.16. The molecule has 0 bridgehead atoms. The van der Waals surface area contributed by atoms with Crippen molar-refractivity contribution in [3.8, 4) is 5.75 Å². The average Bonchev–Trinajstić information content (AvgIpc) is 2.82. The number of nitrogens with one attached hydrogen (secondary N) is 1. The molecule has 3 rings (SSSR count). The molecule has 3 nitrogen and oxygen atoms in total. The molecule has 1 fully saturated rings. The number of benzene rings is 1. The molecule has 2 aromatic rings. The van der Waals surface area contributed by atoms with Gasteiger partial charge in [-0.25, -0.2) is 0 Å². The van der Waals surface area contributed by atoms with E-state index in [9.17, 15) is 0 Å². The highest BCUT2D eigenvalue weighted by atomic mass is 35.5. The first-order chi connectivity index (χ1) is 11.3. The van der Waals surface area contributed by atoms with E-state index in [1.807, 2.05) is 19.1 Å². The Hall–Kier alpha value is -1.07. The van der Waals surface area contributed by atoms with Crippen LogP contribution in [-0.2, 0) is 0 Å². The Kier molecular flexibility index (Phi) is 5.95. The standard InChI is InChI=1S/C18H23ClN2OS/c1-2-22-15-7-4-3-6-14(15)18(16-8-9-17(19)23-16)21-12-5-10-20-11-13-21/h3-4,6-9,18,20H,2,5,10-13H2,1H3. The lowest BCUT2D eigenvalue weighted by molar-refractivity contribution is 0.236. The van der Waals surface area contributed by atoms with Gasteiger partial charge in [-0.1, -0.05) is 29.8 Å². The predicted octanol–water partition coefficient (Wildman–Crippen LogP) is 4.18. The molecule has 1 aliphatic heterocycles. The number of hydrogen-bond acceptors (Lipinski definition) is 4. The minimum atomic E-state index is 0.204. The van der Waals surface area contributed by atoms with Gasteiger partial charge in [0, 0.05) is 30.1 Å². The van der Waals surface area contributed by atoms with E-state index in [0.29, 0.717) is 6.61 Å². The van der Waals surface area contributed by atoms with Crippen LogP contribution in [0.15, 0.2) is 36.4 Å². The van der Waals surface area contributed by atoms with Crippen molar-refractivity contribution < 1.29 is 4.74 Å². The second kappa shape index (κ2) is 8.15. The van der Waals surface area contributed by atoms with Crippen molar-refractivity contribution in [3.63, 3.8) is 0 Å². The van der Waals surface area contributed by atoms with E-state index < -0.39 is 0 Å². The van der Waals surface area contributed by atoms with Crippen molar-refractivity contribution in [2.24, 2.45) is 0 Å². The maximum Gasteiger partial charge on any atom is 0.124 e. The molecular formula is C18H23ClN2OS. The number of halogens is 1. The van der Waals surface area contributed by atoms with Gasteiger partial charge < -0.3 is 10.1 Å². The Morgan fingerprint density at radius 2 is 2.09 bits per heavy atom. The lowest BCUT2D eigenvalue weighted by atomic mass is 10.0. The molecule has 23 heavy (non-hydrogen) atoms. The van der Waals surface area contributed by atoms with E-state index in [0.717, 1.165) is 42.7 Å². The summed E-state index contributed by atoms with van der Waals surface area (Å²) in [6, 6.07) is 12.7. The summed E-state index contributed by atoms with van der Waals surface area (Å²) in [4.78, 5) is 3.82. The van der Waals surface area contributed by atoms with Crippen molar-refractivity contribution in [3.05, 3.63) is 51.2 Å². The average molecular weight is 351 g/mol. The van der Waals surface area contributed by atoms with Gasteiger partial charge in [-0.15, -0.1) is 11.3 Å². The fourth-order valence-electron chi connectivity index (χ4n) is 3.12. The lowest BCUT2D eigenvalue weighted by Crippen LogP contribution is -2.32. The van der Waals surface area contributed by atoms with Crippen molar-refractivity contribution in [1.29, 1.82) is 0 Å². The Bertz CT molecular complexity index is 623. The highest BCUT2D eigenvalue weighted by Gasteiger charge is 2.27. The summed E-state index contributed by atoms with van der Waals surface area (Å²) in [5, 5.41) is 3.48. The van der Waals surface area contributed by atoms with Gasteiger partial charge in [0.25, 0.3) is 0 Å². The van der Waals surface area contributed by atoms with Gasteiger partial charge in [0.05, 0.1) is 17.0 Å². The first-order valence-corrected chi connectivity index (χ1v) is 9.40. The summed E-state index contributed by atoms with van der Waals surface area (Å²) >= 11 is 7.89. The van der Waals surface area contributed by atoms with Crippen LogP contribution in [0.2, 0.25) is 4.34 Å². The largest absolute Gasteiger partial charge is 0.494 e. The molecule has 1 aliphatic rings. The van der Waals surface area contributed by atoms with Crippen LogP contribution in [0.5, 0.6) is 5.75 Å². The number of ether oxygens (including phenoxy) is 1. The SMILES string of the molecule is CCOc1ccccc1C(c1ccc(Cl)s1)N1CCCNCC1. The van der Waals surface area contributed by atoms with Gasteiger partial charge in [0.15, 0.2) is 0 Å². The number of nitrogens with zero attached hydrogens (tertiary/aromatic N) is 1. The molecule has 0 amide bonds. The maximum absolute atomic E-state index is 6.22. The lowest BCUT2D eigenvalue weighted by Gasteiger charge is -2.31. The molecule has 0 radical (unpaired) electrons. The second-order valence-corrected chi connectivity index (χ2v) is 7.40. The molecule has 1 saturated heterocycles. The third-order valence-corrected chi connectivity index (χ3v) is 5.40. The Morgan fingerprint density at radius 1 is 1.22 bits per heavy atom. The predicted molar refractivity (Wildman–Crippen MR) is 97.8 cm³/mol. The smallest absolute Gasteiger partial charge is 0.124 e. The molecule has 1 aromatic heterocycles. The third kappa shape index (κ3) is 4.07. The monoisotopic (exact) mass is 350 g/mol. The summed E-state index contributed by atoms with van der Waals surface area (Å²) < 4.78 is 6.74. The zero-order valence-electron chi connectivity index (χ0n) is 13.4. The Morgan fingerprint density at radius 3 is 2.87 bits per heavy atom. The van der Waals surface area contributed by atoms with Crippen molar-refractivity contribution in [2.45, 2.75) is 19.4 Å². The van der Waals surface area contributed by atoms with Gasteiger partial charge in [-0.05, 0) is 38.1 Å². The van der Waals surface area contributed by atoms with Crippen molar-refractivity contribution in [1.82, 2.24) is 10.2 Å². The zero-order chi connectivity index (χ0) is 16.1. The fourth-order valence-corrected chi connectivity index (χ4v) is 4.34. The zero-order valence-corrected chi connectivity index (χ0v) is 15.0. The summed E-state index contributed by atoms with van der Waals surface area (Å²) in [7, 11) is 0. The molecule has 5 heteroatoms. The normalized spacial score (nSPS) is 17.7. The van der Waals surface area contributed by atoms with Crippen molar-refractivity contribution >= 4 is 22.9 Å². The molecule has 2 heterocycles. The number of para-hydroxylation sites is 1. The Balaban J connectivity index is 2.01. The fraction of sp³-hybridized carbons (Fsp3) is 0.444. The van der Waals surface area contributed by atoms with Gasteiger partial charge in [-0.2, -0.15) is 0 Å². The molecule has 1 aromatic carbocycles. The highest BCUT2D eigenvalue weighted by molar-refractivity contribution is 7.16. The van der Waals surface area contributed by atoms with Crippen LogP contribution in [0.25, 0.3) is 0 Å². The molecule has 0 aliphatic carbocycles. The van der Waals surface area contributed by atoms with Crippen LogP contribution in [0.4, 0.5) is 0 Å². The molecule has 124 valence electrons. The van der Waals surface area contributed by atoms with E-state index in [1.165, 1.54) is 10.4 Å². The van der Waals surface area contributed by atoms with Crippen LogP contribution in [0, 0.1) is 0 Å². The first kappa shape index (κ1) is 16.8. The third-order valence-electron chi connectivity index (χ3n) is 4.12. The first-order valence-electron chi connectivity index (χ1n) is 8.21. The number of rotatable bonds is 5. The van der Waals surface area contributed by atoms with Crippen LogP contribution >= 0.6 is 22.9 Å². The van der Waals surface area contributed by atoms with Gasteiger partial charge in [0.2, 0.25) is 0 Å². The molecule has 1 atom stereocenters. The summed E-state index contributed by atoms with van der Waals surface area (Å²) in [5.74, 6) is 0.974. The Labute approximate surface area is 147 Å². The summed E-state index contributed by atoms with van der Waals surface area (Å²) in [6.45, 7) is 6.92. The topological polar surface area (TPSA) is 24.5 Å². The molecule has 0 spiro atoms. The maximum atomic E-state index is 6.22. The van der Waals surface area contributed by atoms with E-state index in [2.05, 4.69) is 34.5 Å². The van der Waals surface area contributed by atoms with Crippen molar-refractivity contribution in [2.75, 3.05) is 32.8 Å². The molecular weight excluding hydrogens is 328 g/mol. The van der Waals surface area contributed by atoms with E-state index in [4.69, 9.17) is 16.3 Å². The van der Waals surface area contributed by atoms with Gasteiger partial charge in [0.1, 0.15) is 5.75 Å². The minimum Gasteiger partial charge on any atom is -0.494 e. The van der Waals surface area contributed by atoms with E-state index in [1.54, 1.807) is 11.3 Å². The quantitative estimate of drug-likeness (QED) is 0.875. The van der Waals surface area contributed by atoms with Gasteiger partial charge >= 0.3 is 0 Å². The summed E-state index contributed by atoms with van der Waals surface area (Å²) in [5.41, 5.74) is 1.23. The molecule has 0 saturated carbocycles. The van der Waals surface area contributed by atoms with Crippen LogP contribution < -0.4 is 10.1 Å². The van der Waals surface area contributed by atoms with E-state index >= 15 is 0 Å². The second-order valence-electron chi connectivity index (χ2n) is 5.65. The van der Waals surface area contributed by atoms with Crippen LogP contribution in [-0.4, -0.2) is 37.7 Å². The minimum absolute atomic E-state index is 0.204. The number of hydrogen-bond donors (Lipinski definition) is 1. The number of thiophene rings is 1.